The molecule has 0 N–H and O–H groups in total. The van der Waals surface area contributed by atoms with Crippen LogP contribution in [0.5, 0.6) is 0 Å². The summed E-state index contributed by atoms with van der Waals surface area (Å²) in [5.74, 6) is -0.645. The highest BCUT2D eigenvalue weighted by molar-refractivity contribution is 6.62. The van der Waals surface area contributed by atoms with E-state index in [1.54, 1.807) is 20.8 Å². The van der Waals surface area contributed by atoms with Gasteiger partial charge in [0, 0.05) is 11.7 Å². The molecule has 7 nitrogen and oxygen atoms in total. The zero-order valence-corrected chi connectivity index (χ0v) is 18.1. The molecule has 152 valence electrons. The average Bonchev–Trinajstić information content (AvgIpc) is 3.06. The Labute approximate surface area is 162 Å². The normalized spacial score (nSPS) is 17.8. The zero-order valence-electron chi connectivity index (χ0n) is 18.1. The molecule has 0 aromatic carbocycles. The van der Waals surface area contributed by atoms with Crippen molar-refractivity contribution in [1.82, 2.24) is 4.57 Å². The van der Waals surface area contributed by atoms with Crippen LogP contribution in [0.25, 0.3) is 0 Å². The number of ether oxygens (including phenoxy) is 2. The average molecular weight is 381 g/mol. The van der Waals surface area contributed by atoms with Crippen molar-refractivity contribution < 1.29 is 28.4 Å². The van der Waals surface area contributed by atoms with Crippen molar-refractivity contribution in [3.8, 4) is 0 Å². The predicted octanol–water partition coefficient (Wildman–Crippen LogP) is 3.38. The second kappa shape index (κ2) is 8.06. The molecule has 0 bridgehead atoms. The van der Waals surface area contributed by atoms with Gasteiger partial charge in [-0.15, -0.1) is 0 Å². The Balaban J connectivity index is 0.00000176. The van der Waals surface area contributed by atoms with Gasteiger partial charge in [0.05, 0.1) is 18.3 Å². The summed E-state index contributed by atoms with van der Waals surface area (Å²) in [5, 5.41) is 0. The Morgan fingerprint density at radius 2 is 1.56 bits per heavy atom. The van der Waals surface area contributed by atoms with Gasteiger partial charge in [0.15, 0.2) is 0 Å². The van der Waals surface area contributed by atoms with Gasteiger partial charge in [-0.05, 0) is 54.5 Å². The molecule has 8 heteroatoms. The van der Waals surface area contributed by atoms with Crippen LogP contribution in [0.2, 0.25) is 0 Å². The van der Waals surface area contributed by atoms with Gasteiger partial charge < -0.3 is 18.8 Å². The number of carbonyl (C=O) groups excluding carboxylic acids is 2. The quantitative estimate of drug-likeness (QED) is 0.578. The molecular weight excluding hydrogens is 349 g/mol. The molecule has 0 aliphatic carbocycles. The van der Waals surface area contributed by atoms with E-state index < -0.39 is 36.0 Å². The van der Waals surface area contributed by atoms with Crippen LogP contribution < -0.4 is 5.46 Å². The van der Waals surface area contributed by atoms with Crippen LogP contribution >= 0.6 is 0 Å². The van der Waals surface area contributed by atoms with Crippen molar-refractivity contribution in [2.75, 3.05) is 7.11 Å². The third kappa shape index (κ3) is 5.14. The molecule has 2 rings (SSSR count). The van der Waals surface area contributed by atoms with Crippen LogP contribution in [-0.4, -0.2) is 47.7 Å². The minimum atomic E-state index is -0.697. The Bertz CT molecular complexity index is 671. The third-order valence-corrected chi connectivity index (χ3v) is 4.35. The van der Waals surface area contributed by atoms with Crippen molar-refractivity contribution in [2.24, 2.45) is 0 Å². The molecule has 1 aromatic rings. The molecule has 0 radical (unpaired) electrons. The lowest BCUT2D eigenvalue weighted by Gasteiger charge is -2.32. The van der Waals surface area contributed by atoms with E-state index in [0.717, 1.165) is 4.57 Å². The maximum absolute atomic E-state index is 12.4. The number of esters is 1. The lowest BCUT2D eigenvalue weighted by Crippen LogP contribution is -2.41. The van der Waals surface area contributed by atoms with E-state index in [1.165, 1.54) is 19.4 Å². The third-order valence-electron chi connectivity index (χ3n) is 4.35. The highest BCUT2D eigenvalue weighted by Gasteiger charge is 2.52. The minimum Gasteiger partial charge on any atom is -0.464 e. The molecule has 0 unspecified atom stereocenters. The number of nitrogens with zero attached hydrogens (tertiary/aromatic N) is 1. The van der Waals surface area contributed by atoms with Gasteiger partial charge in [-0.25, -0.2) is 14.2 Å². The summed E-state index contributed by atoms with van der Waals surface area (Å²) in [6, 6.07) is 1.53. The maximum atomic E-state index is 12.4. The molecule has 0 atom stereocenters. The van der Waals surface area contributed by atoms with E-state index in [4.69, 9.17) is 18.8 Å². The van der Waals surface area contributed by atoms with E-state index in [1.807, 2.05) is 41.5 Å². The van der Waals surface area contributed by atoms with Gasteiger partial charge in [-0.3, -0.25) is 0 Å². The lowest BCUT2D eigenvalue weighted by molar-refractivity contribution is 0.00578. The van der Waals surface area contributed by atoms with E-state index in [0.29, 0.717) is 5.46 Å². The van der Waals surface area contributed by atoms with Gasteiger partial charge >= 0.3 is 19.2 Å². The fraction of sp³-hybridized carbons (Fsp3) is 0.684. The largest absolute Gasteiger partial charge is 0.496 e. The SMILES string of the molecule is CC.COC(=O)c1cc(B2OC(C)(C)C(C)(C)O2)cn1C(=O)OC(C)(C)C. The minimum absolute atomic E-state index is 0.0569. The van der Waals surface area contributed by atoms with Crippen LogP contribution in [0, 0.1) is 0 Å². The number of carbonyl (C=O) groups is 2. The van der Waals surface area contributed by atoms with Gasteiger partial charge in [0.1, 0.15) is 11.3 Å². The fourth-order valence-electron chi connectivity index (χ4n) is 2.32. The van der Waals surface area contributed by atoms with E-state index >= 15 is 0 Å². The van der Waals surface area contributed by atoms with Gasteiger partial charge in [0.25, 0.3) is 0 Å². The van der Waals surface area contributed by atoms with Crippen LogP contribution in [0.1, 0.15) is 72.8 Å². The monoisotopic (exact) mass is 381 g/mol. The predicted molar refractivity (Wildman–Crippen MR) is 104 cm³/mol. The first kappa shape index (κ1) is 23.2. The Morgan fingerprint density at radius 1 is 1.07 bits per heavy atom. The first-order valence-corrected chi connectivity index (χ1v) is 9.17. The molecule has 0 saturated carbocycles. The first-order valence-electron chi connectivity index (χ1n) is 9.17. The van der Waals surface area contributed by atoms with Gasteiger partial charge in [-0.1, -0.05) is 13.8 Å². The number of hydrogen-bond acceptors (Lipinski definition) is 6. The molecule has 1 aliphatic rings. The van der Waals surface area contributed by atoms with Crippen LogP contribution in [0.4, 0.5) is 4.79 Å². The Morgan fingerprint density at radius 3 is 1.96 bits per heavy atom. The standard InChI is InChI=1S/C17H26BNO6.C2H6/c1-15(2,3)23-14(21)19-10-11(9-12(19)13(20)22-8)18-24-16(4,5)17(6,7)25-18;1-2/h9-10H,1-8H3;1-2H3. The maximum Gasteiger partial charge on any atom is 0.496 e. The molecule has 0 spiro atoms. The van der Waals surface area contributed by atoms with Gasteiger partial charge in [0.2, 0.25) is 0 Å². The fourth-order valence-corrected chi connectivity index (χ4v) is 2.32. The summed E-state index contributed by atoms with van der Waals surface area (Å²) < 4.78 is 23.2. The summed E-state index contributed by atoms with van der Waals surface area (Å²) in [6.07, 6.45) is 0.818. The number of hydrogen-bond donors (Lipinski definition) is 0. The van der Waals surface area contributed by atoms with E-state index in [2.05, 4.69) is 0 Å². The molecule has 2 heterocycles. The molecule has 27 heavy (non-hydrogen) atoms. The van der Waals surface area contributed by atoms with Crippen LogP contribution in [0.15, 0.2) is 12.3 Å². The summed E-state index contributed by atoms with van der Waals surface area (Å²) >= 11 is 0. The van der Waals surface area contributed by atoms with Crippen LogP contribution in [-0.2, 0) is 18.8 Å². The Hall–Kier alpha value is -1.80. The molecule has 1 aliphatic heterocycles. The molecule has 0 amide bonds. The van der Waals surface area contributed by atoms with E-state index in [-0.39, 0.29) is 5.69 Å². The highest BCUT2D eigenvalue weighted by atomic mass is 16.7. The smallest absolute Gasteiger partial charge is 0.464 e. The Kier molecular flexibility index (Phi) is 6.94. The first-order chi connectivity index (χ1) is 12.3. The summed E-state index contributed by atoms with van der Waals surface area (Å²) in [5.41, 5.74) is -1.15. The summed E-state index contributed by atoms with van der Waals surface area (Å²) in [7, 11) is 0.556. The van der Waals surface area contributed by atoms with Crippen molar-refractivity contribution >= 4 is 24.6 Å². The van der Waals surface area contributed by atoms with Crippen molar-refractivity contribution in [3.05, 3.63) is 18.0 Å². The molecule has 1 saturated heterocycles. The molecular formula is C19H32BNO6. The second-order valence-corrected chi connectivity index (χ2v) is 8.09. The molecule has 1 aromatic heterocycles. The zero-order chi connectivity index (χ0) is 21.2. The van der Waals surface area contributed by atoms with Crippen molar-refractivity contribution in [3.63, 3.8) is 0 Å². The molecule has 1 fully saturated rings. The number of rotatable bonds is 2. The van der Waals surface area contributed by atoms with Crippen LogP contribution in [0.3, 0.4) is 0 Å². The van der Waals surface area contributed by atoms with Gasteiger partial charge in [-0.2, -0.15) is 0 Å². The van der Waals surface area contributed by atoms with E-state index in [9.17, 15) is 9.59 Å². The highest BCUT2D eigenvalue weighted by Crippen LogP contribution is 2.36. The topological polar surface area (TPSA) is 76.0 Å². The summed E-state index contributed by atoms with van der Waals surface area (Å²) in [4.78, 5) is 24.5. The van der Waals surface area contributed by atoms with Crippen molar-refractivity contribution in [2.45, 2.75) is 79.1 Å². The lowest BCUT2D eigenvalue weighted by atomic mass is 9.81. The number of aromatic nitrogens is 1. The van der Waals surface area contributed by atoms with Crippen molar-refractivity contribution in [1.29, 1.82) is 0 Å². The second-order valence-electron chi connectivity index (χ2n) is 8.09. The summed E-state index contributed by atoms with van der Waals surface area (Å²) in [6.45, 7) is 17.0. The number of methoxy groups -OCH3 is 1.